The predicted molar refractivity (Wildman–Crippen MR) is 107 cm³/mol. The van der Waals surface area contributed by atoms with E-state index in [1.54, 1.807) is 6.20 Å². The van der Waals surface area contributed by atoms with Crippen LogP contribution < -0.4 is 4.74 Å². The lowest BCUT2D eigenvalue weighted by atomic mass is 10.1. The normalized spacial score (nSPS) is 23.3. The van der Waals surface area contributed by atoms with Crippen LogP contribution in [0.1, 0.15) is 24.8 Å². The summed E-state index contributed by atoms with van der Waals surface area (Å²) < 4.78 is 19.8. The molecule has 2 saturated heterocycles. The van der Waals surface area contributed by atoms with Gasteiger partial charge in [-0.3, -0.25) is 14.7 Å². The number of aryl methyl sites for hydroxylation is 1. The zero-order valence-electron chi connectivity index (χ0n) is 16.6. The Labute approximate surface area is 169 Å². The summed E-state index contributed by atoms with van der Waals surface area (Å²) >= 11 is 0. The molecule has 6 nitrogen and oxygen atoms in total. The van der Waals surface area contributed by atoms with E-state index in [1.165, 1.54) is 4.90 Å². The number of nitrogens with zero attached hydrogens (tertiary/aromatic N) is 4. The summed E-state index contributed by atoms with van der Waals surface area (Å²) in [4.78, 5) is 20.4. The van der Waals surface area contributed by atoms with Gasteiger partial charge in [0, 0.05) is 31.1 Å². The average molecular weight is 396 g/mol. The van der Waals surface area contributed by atoms with Gasteiger partial charge in [-0.2, -0.15) is 5.26 Å². The van der Waals surface area contributed by atoms with Crippen molar-refractivity contribution in [2.24, 2.45) is 0 Å². The van der Waals surface area contributed by atoms with Crippen LogP contribution in [0, 0.1) is 18.3 Å². The highest BCUT2D eigenvalue weighted by atomic mass is 19.1. The molecule has 152 valence electrons. The maximum absolute atomic E-state index is 13.6. The molecule has 0 bridgehead atoms. The molecule has 1 aromatic heterocycles. The number of hydrogen-bond acceptors (Lipinski definition) is 5. The van der Waals surface area contributed by atoms with Crippen molar-refractivity contribution in [3.8, 4) is 11.8 Å². The molecule has 2 atom stereocenters. The van der Waals surface area contributed by atoms with E-state index < -0.39 is 12.2 Å². The molecular weight excluding hydrogens is 371 g/mol. The van der Waals surface area contributed by atoms with Crippen molar-refractivity contribution in [3.05, 3.63) is 36.0 Å². The minimum atomic E-state index is -1.10. The van der Waals surface area contributed by atoms with Gasteiger partial charge in [-0.1, -0.05) is 12.1 Å². The summed E-state index contributed by atoms with van der Waals surface area (Å²) in [6, 6.07) is 9.38. The Morgan fingerprint density at radius 1 is 1.34 bits per heavy atom. The summed E-state index contributed by atoms with van der Waals surface area (Å²) in [7, 11) is 0. The Morgan fingerprint density at radius 3 is 2.90 bits per heavy atom. The lowest BCUT2D eigenvalue weighted by molar-refractivity contribution is -0.133. The van der Waals surface area contributed by atoms with E-state index in [0.717, 1.165) is 48.1 Å². The van der Waals surface area contributed by atoms with Gasteiger partial charge < -0.3 is 9.64 Å². The second-order valence-electron chi connectivity index (χ2n) is 7.90. The number of alkyl halides is 1. The maximum Gasteiger partial charge on any atom is 0.237 e. The van der Waals surface area contributed by atoms with Crippen molar-refractivity contribution in [2.45, 2.75) is 44.5 Å². The van der Waals surface area contributed by atoms with Gasteiger partial charge in [0.2, 0.25) is 5.91 Å². The summed E-state index contributed by atoms with van der Waals surface area (Å²) in [5.74, 6) is 0.683. The molecule has 1 amide bonds. The van der Waals surface area contributed by atoms with Gasteiger partial charge in [0.25, 0.3) is 0 Å². The standard InChI is InChI=1S/C22H25FN4O2/c1-15-3-2-4-19-20(5-8-25-22(15)19)29-18-6-9-26(10-7-18)14-21(28)27-13-16(23)11-17(27)12-24/h2-5,8,16-18H,6-7,9-11,13-14H2,1H3/t16-,17?/m0/s1. The van der Waals surface area contributed by atoms with Crippen LogP contribution in [0.3, 0.4) is 0 Å². The zero-order valence-corrected chi connectivity index (χ0v) is 16.6. The lowest BCUT2D eigenvalue weighted by Crippen LogP contribution is -2.46. The molecule has 0 saturated carbocycles. The van der Waals surface area contributed by atoms with Crippen LogP contribution in [0.5, 0.6) is 5.75 Å². The van der Waals surface area contributed by atoms with E-state index >= 15 is 0 Å². The van der Waals surface area contributed by atoms with E-state index in [9.17, 15) is 9.18 Å². The number of carbonyl (C=O) groups is 1. The molecule has 3 heterocycles. The first-order chi connectivity index (χ1) is 14.0. The number of pyridine rings is 1. The van der Waals surface area contributed by atoms with Gasteiger partial charge in [-0.15, -0.1) is 0 Å². The fourth-order valence-corrected chi connectivity index (χ4v) is 4.23. The molecule has 29 heavy (non-hydrogen) atoms. The molecule has 2 fully saturated rings. The van der Waals surface area contributed by atoms with Crippen molar-refractivity contribution in [1.29, 1.82) is 5.26 Å². The Kier molecular flexibility index (Phi) is 5.63. The predicted octanol–water partition coefficient (Wildman–Crippen LogP) is 2.85. The lowest BCUT2D eigenvalue weighted by Gasteiger charge is -2.33. The van der Waals surface area contributed by atoms with Crippen LogP contribution in [-0.4, -0.2) is 65.2 Å². The summed E-state index contributed by atoms with van der Waals surface area (Å²) in [6.45, 7) is 3.78. The van der Waals surface area contributed by atoms with Crippen molar-refractivity contribution >= 4 is 16.8 Å². The van der Waals surface area contributed by atoms with Gasteiger partial charge in [-0.05, 0) is 37.5 Å². The highest BCUT2D eigenvalue weighted by Crippen LogP contribution is 2.28. The molecule has 2 aliphatic heterocycles. The number of nitriles is 1. The molecule has 0 aliphatic carbocycles. The van der Waals surface area contributed by atoms with E-state index in [4.69, 9.17) is 10.00 Å². The first-order valence-electron chi connectivity index (χ1n) is 10.1. The average Bonchev–Trinajstić information content (AvgIpc) is 3.11. The number of piperidine rings is 1. The second-order valence-corrected chi connectivity index (χ2v) is 7.90. The summed E-state index contributed by atoms with van der Waals surface area (Å²) in [6.07, 6.45) is 2.52. The Hall–Kier alpha value is -2.72. The summed E-state index contributed by atoms with van der Waals surface area (Å²) in [5.41, 5.74) is 2.08. The number of fused-ring (bicyclic) bond motifs is 1. The van der Waals surface area contributed by atoms with Crippen molar-refractivity contribution in [3.63, 3.8) is 0 Å². The smallest absolute Gasteiger partial charge is 0.237 e. The monoisotopic (exact) mass is 396 g/mol. The first-order valence-corrected chi connectivity index (χ1v) is 10.1. The number of benzene rings is 1. The zero-order chi connectivity index (χ0) is 20.4. The SMILES string of the molecule is Cc1cccc2c(OC3CCN(CC(=O)N4C[C@@H](F)CC4C#N)CC3)ccnc12. The molecular formula is C22H25FN4O2. The first kappa shape index (κ1) is 19.6. The number of rotatable bonds is 4. The van der Waals surface area contributed by atoms with Crippen molar-refractivity contribution < 1.29 is 13.9 Å². The fraction of sp³-hybridized carbons (Fsp3) is 0.500. The van der Waals surface area contributed by atoms with Crippen LogP contribution >= 0.6 is 0 Å². The van der Waals surface area contributed by atoms with Gasteiger partial charge in [0.1, 0.15) is 24.1 Å². The van der Waals surface area contributed by atoms with Crippen molar-refractivity contribution in [2.75, 3.05) is 26.2 Å². The second kappa shape index (κ2) is 8.34. The number of ether oxygens (including phenoxy) is 1. The quantitative estimate of drug-likeness (QED) is 0.795. The molecule has 1 unspecified atom stereocenters. The number of carbonyl (C=O) groups excluding carboxylic acids is 1. The van der Waals surface area contributed by atoms with Crippen LogP contribution in [0.4, 0.5) is 4.39 Å². The molecule has 2 aromatic rings. The number of amides is 1. The Balaban J connectivity index is 1.33. The largest absolute Gasteiger partial charge is 0.490 e. The van der Waals surface area contributed by atoms with E-state index in [1.807, 2.05) is 37.3 Å². The van der Waals surface area contributed by atoms with Gasteiger partial charge >= 0.3 is 0 Å². The van der Waals surface area contributed by atoms with Crippen LogP contribution in [0.2, 0.25) is 0 Å². The maximum atomic E-state index is 13.6. The molecule has 1 aromatic carbocycles. The molecule has 0 N–H and O–H groups in total. The highest BCUT2D eigenvalue weighted by molar-refractivity contribution is 5.87. The third-order valence-electron chi connectivity index (χ3n) is 5.84. The topological polar surface area (TPSA) is 69.5 Å². The van der Waals surface area contributed by atoms with Gasteiger partial charge in [-0.25, -0.2) is 4.39 Å². The van der Waals surface area contributed by atoms with Crippen LogP contribution in [-0.2, 0) is 4.79 Å². The molecule has 0 spiro atoms. The van der Waals surface area contributed by atoms with Gasteiger partial charge in [0.05, 0.1) is 24.7 Å². The number of halogens is 1. The minimum absolute atomic E-state index is 0.0329. The molecule has 7 heteroatoms. The van der Waals surface area contributed by atoms with E-state index in [0.29, 0.717) is 0 Å². The minimum Gasteiger partial charge on any atom is -0.490 e. The Bertz CT molecular complexity index is 936. The third-order valence-corrected chi connectivity index (χ3v) is 5.84. The van der Waals surface area contributed by atoms with Crippen LogP contribution in [0.15, 0.2) is 30.5 Å². The molecule has 0 radical (unpaired) electrons. The van der Waals surface area contributed by atoms with Crippen LogP contribution in [0.25, 0.3) is 10.9 Å². The number of hydrogen-bond donors (Lipinski definition) is 0. The van der Waals surface area contributed by atoms with E-state index in [-0.39, 0.29) is 31.5 Å². The molecule has 2 aliphatic rings. The third kappa shape index (κ3) is 4.18. The Morgan fingerprint density at radius 2 is 2.14 bits per heavy atom. The number of para-hydroxylation sites is 1. The summed E-state index contributed by atoms with van der Waals surface area (Å²) in [5, 5.41) is 10.1. The van der Waals surface area contributed by atoms with E-state index in [2.05, 4.69) is 9.88 Å². The van der Waals surface area contributed by atoms with Gasteiger partial charge in [0.15, 0.2) is 0 Å². The highest BCUT2D eigenvalue weighted by Gasteiger charge is 2.36. The fourth-order valence-electron chi connectivity index (χ4n) is 4.23. The van der Waals surface area contributed by atoms with Crippen molar-refractivity contribution in [1.82, 2.24) is 14.8 Å². The number of aromatic nitrogens is 1. The molecule has 4 rings (SSSR count). The number of likely N-dealkylation sites (tertiary alicyclic amines) is 2.